The van der Waals surface area contributed by atoms with E-state index in [4.69, 9.17) is 11.6 Å². The van der Waals surface area contributed by atoms with E-state index in [-0.39, 0.29) is 5.88 Å². The van der Waals surface area contributed by atoms with Crippen molar-refractivity contribution < 1.29 is 8.42 Å². The van der Waals surface area contributed by atoms with E-state index in [1.54, 1.807) is 12.1 Å². The zero-order valence-electron chi connectivity index (χ0n) is 8.93. The molecule has 0 radical (unpaired) electrons. The molecule has 88 valence electrons. The van der Waals surface area contributed by atoms with Crippen LogP contribution in [0.5, 0.6) is 0 Å². The van der Waals surface area contributed by atoms with Gasteiger partial charge >= 0.3 is 0 Å². The third kappa shape index (κ3) is 1.37. The Labute approximate surface area is 105 Å². The molecule has 0 saturated heterocycles. The Bertz CT molecular complexity index is 691. The molecule has 2 aromatic carbocycles. The molecular formula is C12H10ClNO2S. The highest BCUT2D eigenvalue weighted by Crippen LogP contribution is 2.41. The molecule has 3 rings (SSSR count). The minimum Gasteiger partial charge on any atom is -0.264 e. The van der Waals surface area contributed by atoms with Gasteiger partial charge in [-0.15, -0.1) is 11.6 Å². The molecule has 17 heavy (non-hydrogen) atoms. The lowest BCUT2D eigenvalue weighted by molar-refractivity contribution is 0.595. The molecule has 0 amide bonds. The Morgan fingerprint density at radius 1 is 1.12 bits per heavy atom. The summed E-state index contributed by atoms with van der Waals surface area (Å²) in [4.78, 5) is 0.385. The molecule has 0 saturated carbocycles. The van der Waals surface area contributed by atoms with Gasteiger partial charge in [-0.2, -0.15) is 0 Å². The van der Waals surface area contributed by atoms with Gasteiger partial charge in [0, 0.05) is 17.8 Å². The quantitative estimate of drug-likeness (QED) is 0.785. The summed E-state index contributed by atoms with van der Waals surface area (Å²) < 4.78 is 26.0. The average molecular weight is 268 g/mol. The zero-order chi connectivity index (χ0) is 12.0. The first-order chi connectivity index (χ1) is 8.16. The lowest BCUT2D eigenvalue weighted by Crippen LogP contribution is -2.28. The van der Waals surface area contributed by atoms with E-state index < -0.39 is 10.0 Å². The van der Waals surface area contributed by atoms with E-state index in [9.17, 15) is 8.42 Å². The van der Waals surface area contributed by atoms with Crippen LogP contribution in [0.2, 0.25) is 0 Å². The minimum atomic E-state index is -3.41. The van der Waals surface area contributed by atoms with Crippen LogP contribution in [0.15, 0.2) is 41.3 Å². The van der Waals surface area contributed by atoms with Gasteiger partial charge in [0.2, 0.25) is 0 Å². The third-order valence-corrected chi connectivity index (χ3v) is 4.99. The number of alkyl halides is 1. The third-order valence-electron chi connectivity index (χ3n) is 2.97. The fourth-order valence-electron chi connectivity index (χ4n) is 2.28. The van der Waals surface area contributed by atoms with Crippen LogP contribution < -0.4 is 4.31 Å². The number of anilines is 1. The Morgan fingerprint density at radius 2 is 1.82 bits per heavy atom. The second kappa shape index (κ2) is 3.62. The van der Waals surface area contributed by atoms with E-state index in [0.717, 1.165) is 16.5 Å². The van der Waals surface area contributed by atoms with Gasteiger partial charge in [-0.05, 0) is 17.5 Å². The lowest BCUT2D eigenvalue weighted by Gasteiger charge is -2.16. The summed E-state index contributed by atoms with van der Waals surface area (Å²) in [5.74, 6) is 0.281. The topological polar surface area (TPSA) is 37.4 Å². The monoisotopic (exact) mass is 267 g/mol. The predicted octanol–water partition coefficient (Wildman–Crippen LogP) is 2.59. The maximum Gasteiger partial charge on any atom is 0.265 e. The molecule has 0 spiro atoms. The normalized spacial score (nSPS) is 16.6. The van der Waals surface area contributed by atoms with Crippen molar-refractivity contribution >= 4 is 38.1 Å². The molecule has 1 aliphatic heterocycles. The molecular weight excluding hydrogens is 258 g/mol. The Balaban J connectivity index is 2.41. The first kappa shape index (κ1) is 10.9. The SMILES string of the molecule is O=S1(=O)c2cccc3cccc(c23)N1CCCl. The van der Waals surface area contributed by atoms with Crippen LogP contribution in [0, 0.1) is 0 Å². The number of nitrogens with zero attached hydrogens (tertiary/aromatic N) is 1. The van der Waals surface area contributed by atoms with Gasteiger partial charge in [0.1, 0.15) is 0 Å². The molecule has 5 heteroatoms. The van der Waals surface area contributed by atoms with Gasteiger partial charge in [0.05, 0.1) is 10.6 Å². The number of sulfonamides is 1. The van der Waals surface area contributed by atoms with Gasteiger partial charge in [-0.1, -0.05) is 24.3 Å². The van der Waals surface area contributed by atoms with E-state index in [0.29, 0.717) is 11.4 Å². The highest BCUT2D eigenvalue weighted by atomic mass is 35.5. The molecule has 0 N–H and O–H groups in total. The summed E-state index contributed by atoms with van der Waals surface area (Å²) in [6.07, 6.45) is 0. The van der Waals surface area contributed by atoms with Gasteiger partial charge in [0.15, 0.2) is 0 Å². The number of halogens is 1. The lowest BCUT2D eigenvalue weighted by atomic mass is 10.1. The van der Waals surface area contributed by atoms with Crippen molar-refractivity contribution in [2.45, 2.75) is 4.90 Å². The second-order valence-corrected chi connectivity index (χ2v) is 6.11. The van der Waals surface area contributed by atoms with Crippen molar-refractivity contribution in [2.24, 2.45) is 0 Å². The predicted molar refractivity (Wildman–Crippen MR) is 69.2 cm³/mol. The number of hydrogen-bond acceptors (Lipinski definition) is 2. The summed E-state index contributed by atoms with van der Waals surface area (Å²) in [7, 11) is -3.41. The minimum absolute atomic E-state index is 0.281. The van der Waals surface area contributed by atoms with Crippen LogP contribution in [-0.4, -0.2) is 20.8 Å². The van der Waals surface area contributed by atoms with Crippen molar-refractivity contribution in [3.63, 3.8) is 0 Å². The van der Waals surface area contributed by atoms with Crippen molar-refractivity contribution in [1.82, 2.24) is 0 Å². The van der Waals surface area contributed by atoms with Crippen molar-refractivity contribution in [2.75, 3.05) is 16.7 Å². The molecule has 0 aromatic heterocycles. The number of rotatable bonds is 2. The van der Waals surface area contributed by atoms with Crippen LogP contribution in [-0.2, 0) is 10.0 Å². The maximum atomic E-state index is 12.3. The van der Waals surface area contributed by atoms with Gasteiger partial charge < -0.3 is 0 Å². The van der Waals surface area contributed by atoms with Gasteiger partial charge in [-0.25, -0.2) is 8.42 Å². The molecule has 0 atom stereocenters. The molecule has 0 fully saturated rings. The number of benzene rings is 2. The highest BCUT2D eigenvalue weighted by Gasteiger charge is 2.34. The first-order valence-electron chi connectivity index (χ1n) is 5.27. The van der Waals surface area contributed by atoms with Gasteiger partial charge in [-0.3, -0.25) is 4.31 Å². The number of hydrogen-bond donors (Lipinski definition) is 0. The van der Waals surface area contributed by atoms with Crippen LogP contribution in [0.4, 0.5) is 5.69 Å². The van der Waals surface area contributed by atoms with Crippen LogP contribution in [0.1, 0.15) is 0 Å². The van der Waals surface area contributed by atoms with Crippen molar-refractivity contribution in [3.05, 3.63) is 36.4 Å². The molecule has 1 heterocycles. The average Bonchev–Trinajstić information content (AvgIpc) is 2.54. The van der Waals surface area contributed by atoms with E-state index in [1.165, 1.54) is 4.31 Å². The maximum absolute atomic E-state index is 12.3. The van der Waals surface area contributed by atoms with Gasteiger partial charge in [0.25, 0.3) is 10.0 Å². The summed E-state index contributed by atoms with van der Waals surface area (Å²) in [6, 6.07) is 10.9. The molecule has 0 aliphatic carbocycles. The van der Waals surface area contributed by atoms with E-state index in [1.807, 2.05) is 24.3 Å². The zero-order valence-corrected chi connectivity index (χ0v) is 10.5. The molecule has 0 unspecified atom stereocenters. The van der Waals surface area contributed by atoms with E-state index in [2.05, 4.69) is 0 Å². The smallest absolute Gasteiger partial charge is 0.264 e. The fourth-order valence-corrected chi connectivity index (χ4v) is 4.26. The second-order valence-electron chi connectivity index (χ2n) is 3.90. The highest BCUT2D eigenvalue weighted by molar-refractivity contribution is 7.93. The van der Waals surface area contributed by atoms with Crippen molar-refractivity contribution in [1.29, 1.82) is 0 Å². The van der Waals surface area contributed by atoms with Crippen molar-refractivity contribution in [3.8, 4) is 0 Å². The first-order valence-corrected chi connectivity index (χ1v) is 7.24. The molecule has 3 nitrogen and oxygen atoms in total. The Kier molecular flexibility index (Phi) is 2.31. The molecule has 1 aliphatic rings. The Morgan fingerprint density at radius 3 is 2.53 bits per heavy atom. The fraction of sp³-hybridized carbons (Fsp3) is 0.167. The summed E-state index contributed by atoms with van der Waals surface area (Å²) in [5.41, 5.74) is 0.735. The molecule has 0 bridgehead atoms. The Hall–Kier alpha value is -1.26. The van der Waals surface area contributed by atoms with Crippen LogP contribution in [0.25, 0.3) is 10.8 Å². The largest absolute Gasteiger partial charge is 0.265 e. The van der Waals surface area contributed by atoms with Crippen LogP contribution in [0.3, 0.4) is 0 Å². The standard InChI is InChI=1S/C12H10ClNO2S/c13-7-8-14-10-5-1-3-9-4-2-6-11(12(9)10)17(14,15)16/h1-6H,7-8H2. The summed E-state index contributed by atoms with van der Waals surface area (Å²) >= 11 is 5.68. The summed E-state index contributed by atoms with van der Waals surface area (Å²) in [5, 5.41) is 1.75. The summed E-state index contributed by atoms with van der Waals surface area (Å²) in [6.45, 7) is 0.303. The van der Waals surface area contributed by atoms with E-state index >= 15 is 0 Å². The molecule has 2 aromatic rings. The van der Waals surface area contributed by atoms with Crippen LogP contribution >= 0.6 is 11.6 Å².